The van der Waals surface area contributed by atoms with Gasteiger partial charge in [-0.05, 0) is 12.8 Å². The summed E-state index contributed by atoms with van der Waals surface area (Å²) in [4.78, 5) is 20.4. The minimum Gasteiger partial charge on any atom is -0.358 e. The van der Waals surface area contributed by atoms with E-state index in [9.17, 15) is 4.79 Å². The molecule has 1 heterocycles. The van der Waals surface area contributed by atoms with Crippen LogP contribution in [0.15, 0.2) is 6.07 Å². The number of aryl methyl sites for hydroxylation is 1. The number of nitrogens with two attached hydrogens (primary N) is 1. The highest BCUT2D eigenvalue weighted by Crippen LogP contribution is 2.12. The van der Waals surface area contributed by atoms with E-state index in [1.54, 1.807) is 13.0 Å². The monoisotopic (exact) mass is 280 g/mol. The molecule has 1 atom stereocenters. The molecule has 0 aromatic carbocycles. The number of nitrogen functional groups attached to an aromatic ring is 1. The van der Waals surface area contributed by atoms with E-state index in [1.165, 1.54) is 0 Å². The van der Waals surface area contributed by atoms with E-state index >= 15 is 0 Å². The molecule has 0 aliphatic heterocycles. The molecule has 0 bridgehead atoms. The van der Waals surface area contributed by atoms with Gasteiger partial charge in [0.25, 0.3) is 0 Å². The highest BCUT2D eigenvalue weighted by Gasteiger charge is 2.14. The maximum Gasteiger partial charge on any atom is 0.242 e. The minimum absolute atomic E-state index is 0.0578. The van der Waals surface area contributed by atoms with Gasteiger partial charge in [0, 0.05) is 19.0 Å². The third kappa shape index (κ3) is 5.00. The minimum atomic E-state index is -0.376. The lowest BCUT2D eigenvalue weighted by atomic mass is 10.2. The fraction of sp³-hybridized carbons (Fsp3) is 0.615. The molecule has 1 aromatic heterocycles. The summed E-state index contributed by atoms with van der Waals surface area (Å²) in [7, 11) is 0. The molecular weight excluding hydrogens is 256 g/mol. The zero-order chi connectivity index (χ0) is 15.1. The van der Waals surface area contributed by atoms with Crippen molar-refractivity contribution in [2.75, 3.05) is 17.3 Å². The molecule has 1 amide bonds. The van der Waals surface area contributed by atoms with Crippen molar-refractivity contribution in [2.24, 2.45) is 11.8 Å². The lowest BCUT2D eigenvalue weighted by Crippen LogP contribution is -2.39. The first-order chi connectivity index (χ1) is 9.46. The molecule has 0 spiro atoms. The molecular formula is C13H24N6O. The van der Waals surface area contributed by atoms with Gasteiger partial charge in [-0.2, -0.15) is 0 Å². The quantitative estimate of drug-likeness (QED) is 0.437. The summed E-state index contributed by atoms with van der Waals surface area (Å²) < 4.78 is 0. The number of hydrogen-bond donors (Lipinski definition) is 4. The first-order valence-corrected chi connectivity index (χ1v) is 6.85. The highest BCUT2D eigenvalue weighted by molar-refractivity contribution is 5.83. The summed E-state index contributed by atoms with van der Waals surface area (Å²) in [6.45, 7) is 8.51. The Morgan fingerprint density at radius 3 is 2.50 bits per heavy atom. The van der Waals surface area contributed by atoms with Gasteiger partial charge in [0.15, 0.2) is 0 Å². The second-order valence-corrected chi connectivity index (χ2v) is 5.06. The molecule has 112 valence electrons. The Bertz CT molecular complexity index is 426. The number of nitrogens with one attached hydrogen (secondary N) is 3. The Labute approximate surface area is 119 Å². The Morgan fingerprint density at radius 1 is 1.30 bits per heavy atom. The van der Waals surface area contributed by atoms with Crippen molar-refractivity contribution in [3.05, 3.63) is 11.9 Å². The smallest absolute Gasteiger partial charge is 0.242 e. The van der Waals surface area contributed by atoms with E-state index < -0.39 is 0 Å². The van der Waals surface area contributed by atoms with Crippen LogP contribution in [0.25, 0.3) is 0 Å². The zero-order valence-electron chi connectivity index (χ0n) is 12.5. The summed E-state index contributed by atoms with van der Waals surface area (Å²) in [5.41, 5.74) is 2.49. The standard InChI is InChI=1S/C13H24N6O/c1-5-10-17-11(6-12(18-10)19-14)16-9(4)13(20)15-7-8(2)3/h6,8-9H,5,7,14H2,1-4H3,(H,15,20)(H2,16,17,18,19). The number of carbonyl (C=O) groups is 1. The van der Waals surface area contributed by atoms with Crippen LogP contribution >= 0.6 is 0 Å². The van der Waals surface area contributed by atoms with Crippen LogP contribution in [0.5, 0.6) is 0 Å². The number of hydrogen-bond acceptors (Lipinski definition) is 6. The number of hydrazine groups is 1. The van der Waals surface area contributed by atoms with Crippen molar-refractivity contribution in [2.45, 2.75) is 40.2 Å². The van der Waals surface area contributed by atoms with Gasteiger partial charge in [0.05, 0.1) is 0 Å². The summed E-state index contributed by atoms with van der Waals surface area (Å²) >= 11 is 0. The Hall–Kier alpha value is -1.89. The highest BCUT2D eigenvalue weighted by atomic mass is 16.2. The van der Waals surface area contributed by atoms with Gasteiger partial charge >= 0.3 is 0 Å². The molecule has 7 nitrogen and oxygen atoms in total. The number of anilines is 2. The van der Waals surface area contributed by atoms with Gasteiger partial charge in [0.1, 0.15) is 23.5 Å². The predicted octanol–water partition coefficient (Wildman–Crippen LogP) is 0.897. The molecule has 0 saturated carbocycles. The molecule has 0 aliphatic rings. The van der Waals surface area contributed by atoms with Gasteiger partial charge < -0.3 is 16.1 Å². The van der Waals surface area contributed by atoms with Crippen molar-refractivity contribution in [1.82, 2.24) is 15.3 Å². The van der Waals surface area contributed by atoms with Crippen LogP contribution in [0.2, 0.25) is 0 Å². The SMILES string of the molecule is CCc1nc(NN)cc(NC(C)C(=O)NCC(C)C)n1. The van der Waals surface area contributed by atoms with Gasteiger partial charge in [-0.25, -0.2) is 15.8 Å². The fourth-order valence-corrected chi connectivity index (χ4v) is 1.55. The number of aromatic nitrogens is 2. The van der Waals surface area contributed by atoms with Crippen molar-refractivity contribution in [3.8, 4) is 0 Å². The van der Waals surface area contributed by atoms with Gasteiger partial charge in [-0.3, -0.25) is 4.79 Å². The van der Waals surface area contributed by atoms with Crippen LogP contribution in [0.4, 0.5) is 11.6 Å². The van der Waals surface area contributed by atoms with E-state index in [4.69, 9.17) is 5.84 Å². The van der Waals surface area contributed by atoms with Crippen LogP contribution in [0.3, 0.4) is 0 Å². The normalized spacial score (nSPS) is 12.1. The molecule has 7 heteroatoms. The van der Waals surface area contributed by atoms with Crippen molar-refractivity contribution in [3.63, 3.8) is 0 Å². The van der Waals surface area contributed by atoms with Crippen LogP contribution < -0.4 is 21.9 Å². The maximum absolute atomic E-state index is 11.9. The van der Waals surface area contributed by atoms with Crippen LogP contribution in [-0.4, -0.2) is 28.5 Å². The maximum atomic E-state index is 11.9. The van der Waals surface area contributed by atoms with Crippen molar-refractivity contribution < 1.29 is 4.79 Å². The summed E-state index contributed by atoms with van der Waals surface area (Å²) in [6.07, 6.45) is 0.693. The lowest BCUT2D eigenvalue weighted by Gasteiger charge is -2.16. The molecule has 0 aliphatic carbocycles. The van der Waals surface area contributed by atoms with E-state index in [0.29, 0.717) is 36.3 Å². The van der Waals surface area contributed by atoms with E-state index in [1.807, 2.05) is 6.92 Å². The first kappa shape index (κ1) is 16.2. The predicted molar refractivity (Wildman–Crippen MR) is 80.2 cm³/mol. The molecule has 1 aromatic rings. The molecule has 0 radical (unpaired) electrons. The van der Waals surface area contributed by atoms with Gasteiger partial charge in [-0.1, -0.05) is 20.8 Å². The topological polar surface area (TPSA) is 105 Å². The molecule has 0 fully saturated rings. The Balaban J connectivity index is 2.69. The lowest BCUT2D eigenvalue weighted by molar-refractivity contribution is -0.121. The van der Waals surface area contributed by atoms with E-state index in [-0.39, 0.29) is 11.9 Å². The number of nitrogens with zero attached hydrogens (tertiary/aromatic N) is 2. The van der Waals surface area contributed by atoms with Gasteiger partial charge in [-0.15, -0.1) is 0 Å². The molecule has 1 rings (SSSR count). The Morgan fingerprint density at radius 2 is 1.95 bits per heavy atom. The third-order valence-electron chi connectivity index (χ3n) is 2.68. The second kappa shape index (κ2) is 7.64. The summed E-state index contributed by atoms with van der Waals surface area (Å²) in [5.74, 6) is 7.50. The van der Waals surface area contributed by atoms with Crippen LogP contribution in [0.1, 0.15) is 33.5 Å². The summed E-state index contributed by atoms with van der Waals surface area (Å²) in [6, 6.07) is 1.30. The van der Waals surface area contributed by atoms with Crippen molar-refractivity contribution >= 4 is 17.5 Å². The van der Waals surface area contributed by atoms with Crippen LogP contribution in [-0.2, 0) is 11.2 Å². The Kier molecular flexibility index (Phi) is 6.17. The molecule has 0 saturated heterocycles. The van der Waals surface area contributed by atoms with E-state index in [2.05, 4.69) is 39.9 Å². The van der Waals surface area contributed by atoms with Crippen molar-refractivity contribution in [1.29, 1.82) is 0 Å². The molecule has 5 N–H and O–H groups in total. The summed E-state index contributed by atoms with van der Waals surface area (Å²) in [5, 5.41) is 5.93. The number of carbonyl (C=O) groups excluding carboxylic acids is 1. The zero-order valence-corrected chi connectivity index (χ0v) is 12.5. The third-order valence-corrected chi connectivity index (χ3v) is 2.68. The average Bonchev–Trinajstić information content (AvgIpc) is 2.43. The number of rotatable bonds is 7. The van der Waals surface area contributed by atoms with Gasteiger partial charge in [0.2, 0.25) is 5.91 Å². The second-order valence-electron chi connectivity index (χ2n) is 5.06. The molecule has 20 heavy (non-hydrogen) atoms. The fourth-order valence-electron chi connectivity index (χ4n) is 1.55. The molecule has 1 unspecified atom stereocenters. The first-order valence-electron chi connectivity index (χ1n) is 6.85. The largest absolute Gasteiger partial charge is 0.358 e. The average molecular weight is 280 g/mol. The number of amides is 1. The van der Waals surface area contributed by atoms with E-state index in [0.717, 1.165) is 0 Å². The van der Waals surface area contributed by atoms with Crippen LogP contribution in [0, 0.1) is 5.92 Å².